The van der Waals surface area contributed by atoms with E-state index in [-0.39, 0.29) is 6.10 Å². The fourth-order valence-corrected chi connectivity index (χ4v) is 6.27. The first-order chi connectivity index (χ1) is 20.9. The molecule has 3 heterocycles. The summed E-state index contributed by atoms with van der Waals surface area (Å²) in [5.74, 6) is 2.06. The topological polar surface area (TPSA) is 125 Å². The number of rotatable bonds is 10. The number of likely N-dealkylation sites (tertiary alicyclic amines) is 1. The van der Waals surface area contributed by atoms with Gasteiger partial charge in [-0.05, 0) is 110 Å². The van der Waals surface area contributed by atoms with E-state index in [0.29, 0.717) is 44.6 Å². The Kier molecular flexibility index (Phi) is 9.56. The van der Waals surface area contributed by atoms with Crippen LogP contribution in [-0.4, -0.2) is 72.8 Å². The van der Waals surface area contributed by atoms with Crippen molar-refractivity contribution in [1.82, 2.24) is 24.8 Å². The van der Waals surface area contributed by atoms with Crippen molar-refractivity contribution in [2.75, 3.05) is 48.4 Å². The van der Waals surface area contributed by atoms with Gasteiger partial charge in [0.2, 0.25) is 16.0 Å². The van der Waals surface area contributed by atoms with Gasteiger partial charge in [0.25, 0.3) is 0 Å². The number of nitrogens with zero attached hydrogens (tertiary/aromatic N) is 6. The number of hydrogen-bond acceptors (Lipinski definition) is 10. The number of aryl methyl sites for hydroxylation is 1. The second kappa shape index (κ2) is 13.2. The number of benzene rings is 2. The first-order valence-corrected chi connectivity index (χ1v) is 17.3. The molecule has 0 bridgehead atoms. The van der Waals surface area contributed by atoms with Gasteiger partial charge < -0.3 is 20.3 Å². The lowest BCUT2D eigenvalue weighted by atomic mass is 9.85. The smallest absolute Gasteiger partial charge is 0.232 e. The minimum atomic E-state index is -3.60. The van der Waals surface area contributed by atoms with Crippen LogP contribution in [0.25, 0.3) is 11.0 Å². The number of fused-ring (bicyclic) bond motifs is 1. The summed E-state index contributed by atoms with van der Waals surface area (Å²) >= 11 is 3.55. The van der Waals surface area contributed by atoms with E-state index < -0.39 is 10.0 Å². The van der Waals surface area contributed by atoms with E-state index >= 15 is 0 Å². The molecule has 2 N–H and O–H groups in total. The van der Waals surface area contributed by atoms with Crippen LogP contribution in [0, 0.1) is 0 Å². The van der Waals surface area contributed by atoms with Crippen molar-refractivity contribution in [2.24, 2.45) is 0 Å². The Balaban J connectivity index is 1.51. The molecule has 234 valence electrons. The lowest BCUT2D eigenvalue weighted by molar-refractivity contribution is 0.241. The average molecular weight is 684 g/mol. The molecule has 0 amide bonds. The molecular weight excluding hydrogens is 644 g/mol. The molecule has 1 saturated heterocycles. The summed E-state index contributed by atoms with van der Waals surface area (Å²) in [6.45, 7) is 8.38. The summed E-state index contributed by atoms with van der Waals surface area (Å²) < 4.78 is 33.3. The van der Waals surface area contributed by atoms with Crippen molar-refractivity contribution in [2.45, 2.75) is 52.1 Å². The van der Waals surface area contributed by atoms with Gasteiger partial charge in [-0.15, -0.1) is 0 Å². The monoisotopic (exact) mass is 682 g/mol. The molecule has 0 aliphatic carbocycles. The first-order valence-electron chi connectivity index (χ1n) is 14.7. The van der Waals surface area contributed by atoms with E-state index in [2.05, 4.69) is 72.5 Å². The number of piperidine rings is 1. The number of sulfonamides is 1. The molecule has 0 spiro atoms. The second-order valence-corrected chi connectivity index (χ2v) is 14.3. The third kappa shape index (κ3) is 7.05. The molecular formula is C31H39BrN8O3S. The molecule has 4 aromatic rings. The molecule has 44 heavy (non-hydrogen) atoms. The fraction of sp³-hybridized carbons (Fsp3) is 0.419. The van der Waals surface area contributed by atoms with E-state index in [9.17, 15) is 8.42 Å². The van der Waals surface area contributed by atoms with Crippen molar-refractivity contribution < 1.29 is 13.2 Å². The number of hydrogen-bond donors (Lipinski definition) is 2. The maximum absolute atomic E-state index is 12.6. The Morgan fingerprint density at radius 3 is 2.50 bits per heavy atom. The number of anilines is 5. The van der Waals surface area contributed by atoms with Crippen molar-refractivity contribution in [3.8, 4) is 5.75 Å². The number of nitrogens with one attached hydrogen (secondary N) is 2. The Morgan fingerprint density at radius 1 is 1.09 bits per heavy atom. The van der Waals surface area contributed by atoms with Crippen LogP contribution in [0.15, 0.2) is 47.3 Å². The second-order valence-electron chi connectivity index (χ2n) is 11.4. The summed E-state index contributed by atoms with van der Waals surface area (Å²) in [5, 5.41) is 6.68. The zero-order valence-electron chi connectivity index (χ0n) is 25.9. The summed E-state index contributed by atoms with van der Waals surface area (Å²) in [5.41, 5.74) is 5.29. The Morgan fingerprint density at radius 2 is 1.82 bits per heavy atom. The molecule has 11 nitrogen and oxygen atoms in total. The molecule has 0 unspecified atom stereocenters. The lowest BCUT2D eigenvalue weighted by Gasteiger charge is -2.31. The predicted octanol–water partition coefficient (Wildman–Crippen LogP) is 6.22. The molecule has 5 rings (SSSR count). The number of ether oxygens (including phenoxy) is 1. The molecule has 0 saturated carbocycles. The van der Waals surface area contributed by atoms with E-state index in [1.165, 1.54) is 28.7 Å². The lowest BCUT2D eigenvalue weighted by Crippen LogP contribution is -2.29. The Hall–Kier alpha value is -3.55. The quantitative estimate of drug-likeness (QED) is 0.199. The van der Waals surface area contributed by atoms with Crippen molar-refractivity contribution >= 4 is 65.8 Å². The van der Waals surface area contributed by atoms with E-state index in [1.807, 2.05) is 13.8 Å². The van der Waals surface area contributed by atoms with Crippen LogP contribution in [0.5, 0.6) is 5.75 Å². The molecule has 0 atom stereocenters. The highest BCUT2D eigenvalue weighted by Crippen LogP contribution is 2.40. The van der Waals surface area contributed by atoms with Gasteiger partial charge in [-0.25, -0.2) is 13.4 Å². The predicted molar refractivity (Wildman–Crippen MR) is 180 cm³/mol. The number of aromatic nitrogens is 4. The standard InChI is InChI=1S/C31H39BrN8O3S/c1-7-20-16-26(27(43-19(2)3)17-22(20)21-10-14-39(4)15-11-21)37-31-35-18-23(32)30(38-31)36-25-9-8-24-28(34-13-12-33-24)29(25)40(5)44(6,41)42/h8-9,12-13,16-19,21H,7,10-11,14-15H2,1-6H3,(H2,35,36,37,38). The third-order valence-electron chi connectivity index (χ3n) is 7.81. The summed E-state index contributed by atoms with van der Waals surface area (Å²) in [6.07, 6.45) is 9.03. The van der Waals surface area contributed by atoms with Crippen molar-refractivity contribution in [1.29, 1.82) is 0 Å². The van der Waals surface area contributed by atoms with E-state index in [4.69, 9.17) is 9.72 Å². The van der Waals surface area contributed by atoms with Gasteiger partial charge in [0.15, 0.2) is 0 Å². The maximum Gasteiger partial charge on any atom is 0.232 e. The first kappa shape index (κ1) is 31.9. The largest absolute Gasteiger partial charge is 0.489 e. The molecule has 0 radical (unpaired) electrons. The third-order valence-corrected chi connectivity index (χ3v) is 9.57. The van der Waals surface area contributed by atoms with Gasteiger partial charge in [-0.3, -0.25) is 14.3 Å². The molecule has 2 aromatic heterocycles. The molecule has 1 fully saturated rings. The normalized spacial score (nSPS) is 14.6. The summed E-state index contributed by atoms with van der Waals surface area (Å²) in [6, 6.07) is 7.90. The van der Waals surface area contributed by atoms with Crippen molar-refractivity contribution in [3.05, 3.63) is 58.5 Å². The van der Waals surface area contributed by atoms with Gasteiger partial charge in [-0.2, -0.15) is 4.98 Å². The molecule has 13 heteroatoms. The maximum atomic E-state index is 12.6. The number of halogens is 1. The average Bonchev–Trinajstić information content (AvgIpc) is 2.98. The summed E-state index contributed by atoms with van der Waals surface area (Å²) in [7, 11) is 0.0622. The SMILES string of the molecule is CCc1cc(Nc2ncc(Br)c(Nc3ccc4nccnc4c3N(C)S(C)(=O)=O)n2)c(OC(C)C)cc1C1CCN(C)CC1. The zero-order valence-corrected chi connectivity index (χ0v) is 28.3. The minimum Gasteiger partial charge on any atom is -0.489 e. The van der Waals surface area contributed by atoms with Crippen LogP contribution < -0.4 is 19.7 Å². The minimum absolute atomic E-state index is 0.0160. The van der Waals surface area contributed by atoms with Crippen LogP contribution >= 0.6 is 15.9 Å². The molecule has 2 aromatic carbocycles. The fourth-order valence-electron chi connectivity index (χ4n) is 5.47. The van der Waals surface area contributed by atoms with Gasteiger partial charge in [0, 0.05) is 25.6 Å². The van der Waals surface area contributed by atoms with Gasteiger partial charge in [-0.1, -0.05) is 6.92 Å². The van der Waals surface area contributed by atoms with Gasteiger partial charge in [0.05, 0.1) is 33.7 Å². The molecule has 1 aliphatic heterocycles. The van der Waals surface area contributed by atoms with Crippen LogP contribution in [0.1, 0.15) is 50.7 Å². The van der Waals surface area contributed by atoms with Crippen LogP contribution in [0.4, 0.5) is 28.8 Å². The van der Waals surface area contributed by atoms with Crippen LogP contribution in [0.2, 0.25) is 0 Å². The van der Waals surface area contributed by atoms with Gasteiger partial charge in [0.1, 0.15) is 22.8 Å². The van der Waals surface area contributed by atoms with E-state index in [0.717, 1.165) is 50.0 Å². The van der Waals surface area contributed by atoms with Crippen LogP contribution in [-0.2, 0) is 16.4 Å². The van der Waals surface area contributed by atoms with Gasteiger partial charge >= 0.3 is 0 Å². The molecule has 1 aliphatic rings. The van der Waals surface area contributed by atoms with Crippen LogP contribution in [0.3, 0.4) is 0 Å². The highest BCUT2D eigenvalue weighted by atomic mass is 79.9. The Labute approximate surface area is 267 Å². The highest BCUT2D eigenvalue weighted by Gasteiger charge is 2.24. The van der Waals surface area contributed by atoms with E-state index in [1.54, 1.807) is 24.5 Å². The zero-order chi connectivity index (χ0) is 31.6. The highest BCUT2D eigenvalue weighted by molar-refractivity contribution is 9.10. The van der Waals surface area contributed by atoms with Crippen molar-refractivity contribution in [3.63, 3.8) is 0 Å². The summed E-state index contributed by atoms with van der Waals surface area (Å²) in [4.78, 5) is 20.4. The Bertz CT molecular complexity index is 1760.